The molecule has 0 N–H and O–H groups in total. The van der Waals surface area contributed by atoms with Gasteiger partial charge in [-0.15, -0.1) is 11.8 Å². The first kappa shape index (κ1) is 9.72. The molecule has 0 aliphatic heterocycles. The highest BCUT2D eigenvalue weighted by Gasteiger charge is 2.07. The van der Waals surface area contributed by atoms with Crippen molar-refractivity contribution in [2.45, 2.75) is 5.03 Å². The van der Waals surface area contributed by atoms with Crippen LogP contribution in [0, 0.1) is 3.70 Å². The van der Waals surface area contributed by atoms with Crippen LogP contribution in [0.4, 0.5) is 0 Å². The number of imidazole rings is 1. The van der Waals surface area contributed by atoms with Gasteiger partial charge in [0.25, 0.3) is 0 Å². The summed E-state index contributed by atoms with van der Waals surface area (Å²) in [6.45, 7) is 0. The number of rotatable bonds is 1. The van der Waals surface area contributed by atoms with Crippen molar-refractivity contribution in [1.82, 2.24) is 14.4 Å². The van der Waals surface area contributed by atoms with E-state index in [9.17, 15) is 0 Å². The average molecular weight is 370 g/mol. The van der Waals surface area contributed by atoms with Crippen LogP contribution in [0.1, 0.15) is 0 Å². The second-order valence-electron chi connectivity index (χ2n) is 2.35. The molecular formula is C7H5BrIN3S. The van der Waals surface area contributed by atoms with Gasteiger partial charge in [0.2, 0.25) is 0 Å². The van der Waals surface area contributed by atoms with Crippen molar-refractivity contribution >= 4 is 55.9 Å². The zero-order valence-corrected chi connectivity index (χ0v) is 11.2. The maximum Gasteiger partial charge on any atom is 0.170 e. The first-order chi connectivity index (χ1) is 6.22. The predicted octanol–water partition coefficient (Wildman–Crippen LogP) is 2.82. The number of hydrogen-bond donors (Lipinski definition) is 0. The molecule has 0 aliphatic rings. The van der Waals surface area contributed by atoms with Gasteiger partial charge < -0.3 is 0 Å². The van der Waals surface area contributed by atoms with Gasteiger partial charge in [0.15, 0.2) is 5.65 Å². The summed E-state index contributed by atoms with van der Waals surface area (Å²) in [7, 11) is 0. The van der Waals surface area contributed by atoms with E-state index in [4.69, 9.17) is 0 Å². The summed E-state index contributed by atoms with van der Waals surface area (Å²) in [6.07, 6.45) is 5.75. The molecular weight excluding hydrogens is 365 g/mol. The van der Waals surface area contributed by atoms with E-state index in [-0.39, 0.29) is 0 Å². The van der Waals surface area contributed by atoms with Gasteiger partial charge in [-0.2, -0.15) is 0 Å². The van der Waals surface area contributed by atoms with E-state index in [1.807, 2.05) is 23.1 Å². The molecule has 68 valence electrons. The van der Waals surface area contributed by atoms with Crippen LogP contribution >= 0.6 is 50.3 Å². The number of thioether (sulfide) groups is 1. The monoisotopic (exact) mass is 369 g/mol. The molecule has 2 heterocycles. The lowest BCUT2D eigenvalue weighted by Crippen LogP contribution is -1.92. The summed E-state index contributed by atoms with van der Waals surface area (Å²) in [5.74, 6) is 0. The predicted molar refractivity (Wildman–Crippen MR) is 65.2 cm³/mol. The molecule has 0 amide bonds. The first-order valence-corrected chi connectivity index (χ1v) is 6.55. The maximum absolute atomic E-state index is 4.33. The Kier molecular flexibility index (Phi) is 2.80. The standard InChI is InChI=1S/C7H5BrIN3S/c1-13-7-6-10-2-5(9)12(6)3-4(8)11-7/h2-3H,1H3. The minimum atomic E-state index is 0.834. The lowest BCUT2D eigenvalue weighted by molar-refractivity contribution is 0.998. The van der Waals surface area contributed by atoms with Crippen molar-refractivity contribution in [2.75, 3.05) is 6.26 Å². The molecule has 2 aromatic rings. The number of nitrogens with zero attached hydrogens (tertiary/aromatic N) is 3. The van der Waals surface area contributed by atoms with E-state index in [2.05, 4.69) is 48.5 Å². The highest BCUT2D eigenvalue weighted by Crippen LogP contribution is 2.22. The third-order valence-corrected chi connectivity index (χ3v) is 3.42. The van der Waals surface area contributed by atoms with Crippen molar-refractivity contribution in [3.63, 3.8) is 0 Å². The Balaban J connectivity index is 2.84. The highest BCUT2D eigenvalue weighted by atomic mass is 127. The fourth-order valence-corrected chi connectivity index (χ4v) is 2.57. The van der Waals surface area contributed by atoms with Gasteiger partial charge in [-0.3, -0.25) is 4.40 Å². The summed E-state index contributed by atoms with van der Waals surface area (Å²) in [6, 6.07) is 0. The normalized spacial score (nSPS) is 11.0. The van der Waals surface area contributed by atoms with Crippen LogP contribution in [0.2, 0.25) is 0 Å². The summed E-state index contributed by atoms with van der Waals surface area (Å²) in [5.41, 5.74) is 0.917. The van der Waals surface area contributed by atoms with Crippen molar-refractivity contribution in [1.29, 1.82) is 0 Å². The molecule has 0 saturated carbocycles. The van der Waals surface area contributed by atoms with Crippen molar-refractivity contribution < 1.29 is 0 Å². The molecule has 2 aromatic heterocycles. The third-order valence-electron chi connectivity index (χ3n) is 1.58. The fourth-order valence-electron chi connectivity index (χ4n) is 1.04. The van der Waals surface area contributed by atoms with Gasteiger partial charge in [-0.1, -0.05) is 0 Å². The van der Waals surface area contributed by atoms with Gasteiger partial charge >= 0.3 is 0 Å². The number of hydrogen-bond acceptors (Lipinski definition) is 3. The Morgan fingerprint density at radius 3 is 3.08 bits per heavy atom. The van der Waals surface area contributed by atoms with E-state index in [0.717, 1.165) is 19.0 Å². The SMILES string of the molecule is CSc1nc(Br)cn2c(I)cnc12. The van der Waals surface area contributed by atoms with Gasteiger partial charge in [0.1, 0.15) is 13.3 Å². The van der Waals surface area contributed by atoms with Gasteiger partial charge in [0.05, 0.1) is 6.20 Å². The van der Waals surface area contributed by atoms with Crippen LogP contribution in [-0.2, 0) is 0 Å². The molecule has 3 nitrogen and oxygen atoms in total. The Hall–Kier alpha value is 0.180. The molecule has 0 aliphatic carbocycles. The van der Waals surface area contributed by atoms with E-state index in [0.29, 0.717) is 0 Å². The first-order valence-electron chi connectivity index (χ1n) is 3.45. The Morgan fingerprint density at radius 2 is 2.38 bits per heavy atom. The number of fused-ring (bicyclic) bond motifs is 1. The minimum Gasteiger partial charge on any atom is -0.290 e. The van der Waals surface area contributed by atoms with E-state index in [1.54, 1.807) is 11.8 Å². The summed E-state index contributed by atoms with van der Waals surface area (Å²) in [4.78, 5) is 8.61. The van der Waals surface area contributed by atoms with Crippen LogP contribution in [0.3, 0.4) is 0 Å². The molecule has 13 heavy (non-hydrogen) atoms. The molecule has 0 unspecified atom stereocenters. The van der Waals surface area contributed by atoms with Crippen molar-refractivity contribution in [2.24, 2.45) is 0 Å². The van der Waals surface area contributed by atoms with Crippen LogP contribution in [-0.4, -0.2) is 20.6 Å². The van der Waals surface area contributed by atoms with Gasteiger partial charge in [-0.05, 0) is 44.8 Å². The summed E-state index contributed by atoms with van der Waals surface area (Å²) < 4.78 is 3.94. The van der Waals surface area contributed by atoms with E-state index >= 15 is 0 Å². The van der Waals surface area contributed by atoms with Crippen LogP contribution in [0.15, 0.2) is 22.0 Å². The quantitative estimate of drug-likeness (QED) is 0.572. The zero-order chi connectivity index (χ0) is 9.42. The minimum absolute atomic E-state index is 0.834. The van der Waals surface area contributed by atoms with Crippen LogP contribution < -0.4 is 0 Å². The molecule has 6 heteroatoms. The zero-order valence-electron chi connectivity index (χ0n) is 6.66. The molecule has 0 spiro atoms. The van der Waals surface area contributed by atoms with Crippen molar-refractivity contribution in [3.05, 3.63) is 20.7 Å². The second-order valence-corrected chi connectivity index (χ2v) is 5.06. The lowest BCUT2D eigenvalue weighted by Gasteiger charge is -2.00. The molecule has 0 bridgehead atoms. The Bertz CT molecular complexity index is 456. The molecule has 0 aromatic carbocycles. The Morgan fingerprint density at radius 1 is 1.62 bits per heavy atom. The number of aromatic nitrogens is 3. The van der Waals surface area contributed by atoms with Gasteiger partial charge in [-0.25, -0.2) is 9.97 Å². The van der Waals surface area contributed by atoms with Gasteiger partial charge in [0, 0.05) is 6.20 Å². The van der Waals surface area contributed by atoms with E-state index < -0.39 is 0 Å². The highest BCUT2D eigenvalue weighted by molar-refractivity contribution is 14.1. The largest absolute Gasteiger partial charge is 0.290 e. The smallest absolute Gasteiger partial charge is 0.170 e. The molecule has 0 atom stereocenters. The summed E-state index contributed by atoms with van der Waals surface area (Å²) in [5, 5.41) is 0.942. The van der Waals surface area contributed by atoms with Crippen LogP contribution in [0.25, 0.3) is 5.65 Å². The molecule has 2 rings (SSSR count). The molecule has 0 fully saturated rings. The summed E-state index contributed by atoms with van der Waals surface area (Å²) >= 11 is 7.21. The topological polar surface area (TPSA) is 30.2 Å². The average Bonchev–Trinajstić information content (AvgIpc) is 2.47. The lowest BCUT2D eigenvalue weighted by atomic mass is 10.7. The molecule has 0 saturated heterocycles. The second kappa shape index (κ2) is 3.74. The van der Waals surface area contributed by atoms with E-state index in [1.165, 1.54) is 0 Å². The van der Waals surface area contributed by atoms with Crippen molar-refractivity contribution in [3.8, 4) is 0 Å². The van der Waals surface area contributed by atoms with Crippen LogP contribution in [0.5, 0.6) is 0 Å². The Labute approximate surface area is 102 Å². The fraction of sp³-hybridized carbons (Fsp3) is 0.143. The number of halogens is 2. The third kappa shape index (κ3) is 1.71. The molecule has 0 radical (unpaired) electrons. The maximum atomic E-state index is 4.33.